The van der Waals surface area contributed by atoms with Crippen LogP contribution >= 0.6 is 11.6 Å². The Kier molecular flexibility index (Phi) is 4.48. The largest absolute Gasteiger partial charge is 0.495 e. The van der Waals surface area contributed by atoms with Crippen LogP contribution in [0, 0.1) is 0 Å². The monoisotopic (exact) mass is 331 g/mol. The normalized spacial score (nSPS) is 15.7. The third-order valence-electron chi connectivity index (χ3n) is 3.31. The molecular weight excluding hydrogens is 318 g/mol. The van der Waals surface area contributed by atoms with E-state index in [0.717, 1.165) is 11.3 Å². The van der Waals surface area contributed by atoms with Gasteiger partial charge in [-0.3, -0.25) is 0 Å². The number of benzene rings is 1. The van der Waals surface area contributed by atoms with Gasteiger partial charge < -0.3 is 13.9 Å². The summed E-state index contributed by atoms with van der Waals surface area (Å²) in [5.41, 5.74) is 1.000. The van der Waals surface area contributed by atoms with Crippen molar-refractivity contribution in [1.29, 1.82) is 0 Å². The van der Waals surface area contributed by atoms with Gasteiger partial charge in [0.2, 0.25) is 0 Å². The molecule has 3 rings (SSSR count). The van der Waals surface area contributed by atoms with E-state index in [1.807, 2.05) is 12.1 Å². The van der Waals surface area contributed by atoms with Crippen LogP contribution in [0.5, 0.6) is 5.75 Å². The summed E-state index contributed by atoms with van der Waals surface area (Å²) in [6, 6.07) is 8.92. The summed E-state index contributed by atoms with van der Waals surface area (Å²) >= 11 is 6.07. The van der Waals surface area contributed by atoms with Crippen LogP contribution in [0.2, 0.25) is 5.02 Å². The summed E-state index contributed by atoms with van der Waals surface area (Å²) in [6.07, 6.45) is 4.37. The quantitative estimate of drug-likeness (QED) is 0.616. The highest BCUT2D eigenvalue weighted by atomic mass is 35.5. The number of esters is 1. The molecule has 0 N–H and O–H groups in total. The van der Waals surface area contributed by atoms with E-state index in [0.29, 0.717) is 29.5 Å². The van der Waals surface area contributed by atoms with Crippen molar-refractivity contribution in [2.45, 2.75) is 12.8 Å². The highest BCUT2D eigenvalue weighted by Crippen LogP contribution is 2.27. The van der Waals surface area contributed by atoms with E-state index >= 15 is 0 Å². The van der Waals surface area contributed by atoms with E-state index < -0.39 is 5.97 Å². The van der Waals surface area contributed by atoms with E-state index in [1.54, 1.807) is 37.6 Å². The van der Waals surface area contributed by atoms with Gasteiger partial charge in [0.05, 0.1) is 18.4 Å². The number of cyclic esters (lactones) is 1. The van der Waals surface area contributed by atoms with E-state index in [2.05, 4.69) is 4.99 Å². The fraction of sp³-hybridized carbons (Fsp3) is 0.176. The van der Waals surface area contributed by atoms with Crippen LogP contribution in [0.4, 0.5) is 0 Å². The van der Waals surface area contributed by atoms with Gasteiger partial charge >= 0.3 is 5.97 Å². The van der Waals surface area contributed by atoms with Crippen molar-refractivity contribution < 1.29 is 18.7 Å². The minimum absolute atomic E-state index is 0.251. The molecule has 2 heterocycles. The molecule has 5 nitrogen and oxygen atoms in total. The van der Waals surface area contributed by atoms with Gasteiger partial charge in [0.15, 0.2) is 11.6 Å². The highest BCUT2D eigenvalue weighted by molar-refractivity contribution is 6.32. The summed E-state index contributed by atoms with van der Waals surface area (Å²) in [5, 5.41) is 0.468. The number of carbonyl (C=O) groups excluding carboxylic acids is 1. The first-order chi connectivity index (χ1) is 11.2. The average molecular weight is 332 g/mol. The molecule has 0 atom stereocenters. The second-order valence-electron chi connectivity index (χ2n) is 4.90. The lowest BCUT2D eigenvalue weighted by Crippen LogP contribution is -2.04. The molecule has 0 bridgehead atoms. The Hall–Kier alpha value is -2.53. The summed E-state index contributed by atoms with van der Waals surface area (Å²) in [4.78, 5) is 16.1. The highest BCUT2D eigenvalue weighted by Gasteiger charge is 2.22. The summed E-state index contributed by atoms with van der Waals surface area (Å²) in [5.74, 6) is 1.32. The van der Waals surface area contributed by atoms with Gasteiger partial charge in [-0.2, -0.15) is 0 Å². The van der Waals surface area contributed by atoms with Crippen molar-refractivity contribution in [2.24, 2.45) is 4.99 Å². The van der Waals surface area contributed by atoms with Crippen molar-refractivity contribution in [3.8, 4) is 5.75 Å². The van der Waals surface area contributed by atoms with Gasteiger partial charge in [-0.25, -0.2) is 9.79 Å². The fourth-order valence-corrected chi connectivity index (χ4v) is 2.44. The van der Waals surface area contributed by atoms with E-state index in [4.69, 9.17) is 25.5 Å². The second-order valence-corrected chi connectivity index (χ2v) is 5.31. The maximum atomic E-state index is 11.9. The first-order valence-corrected chi connectivity index (χ1v) is 7.41. The Bertz CT molecular complexity index is 778. The number of rotatable bonds is 5. The van der Waals surface area contributed by atoms with E-state index in [1.165, 1.54) is 0 Å². The van der Waals surface area contributed by atoms with Gasteiger partial charge in [-0.1, -0.05) is 17.7 Å². The average Bonchev–Trinajstić information content (AvgIpc) is 3.16. The number of nitrogens with zero attached hydrogens (tertiary/aromatic N) is 1. The molecule has 0 spiro atoms. The molecule has 1 aromatic heterocycles. The minimum atomic E-state index is -0.466. The van der Waals surface area contributed by atoms with Crippen molar-refractivity contribution in [3.63, 3.8) is 0 Å². The van der Waals surface area contributed by atoms with Crippen molar-refractivity contribution in [3.05, 3.63) is 58.6 Å². The molecule has 0 saturated carbocycles. The third-order valence-corrected chi connectivity index (χ3v) is 3.60. The van der Waals surface area contributed by atoms with Crippen LogP contribution in [0.1, 0.15) is 17.7 Å². The van der Waals surface area contributed by atoms with Crippen molar-refractivity contribution in [1.82, 2.24) is 0 Å². The summed E-state index contributed by atoms with van der Waals surface area (Å²) in [6.45, 7) is 0. The molecule has 0 radical (unpaired) electrons. The Labute approximate surface area is 138 Å². The molecule has 6 heteroatoms. The summed E-state index contributed by atoms with van der Waals surface area (Å²) < 4.78 is 15.5. The standard InChI is InChI=1S/C17H14ClNO4/c1-21-15-6-4-11(9-13(15)18)10-14-17(20)23-16(19-14)7-5-12-3-2-8-22-12/h2-4,6,8-10H,5,7H2,1H3/b14-10+. The van der Waals surface area contributed by atoms with Gasteiger partial charge in [0, 0.05) is 12.8 Å². The van der Waals surface area contributed by atoms with E-state index in [-0.39, 0.29) is 5.70 Å². The molecule has 0 unspecified atom stereocenters. The number of halogens is 1. The zero-order chi connectivity index (χ0) is 16.2. The van der Waals surface area contributed by atoms with Crippen LogP contribution in [0.25, 0.3) is 6.08 Å². The first-order valence-electron chi connectivity index (χ1n) is 7.03. The number of methoxy groups -OCH3 is 1. The predicted molar refractivity (Wildman–Crippen MR) is 86.5 cm³/mol. The second kappa shape index (κ2) is 6.71. The van der Waals surface area contributed by atoms with E-state index in [9.17, 15) is 4.79 Å². The lowest BCUT2D eigenvalue weighted by atomic mass is 10.2. The van der Waals surface area contributed by atoms with Gasteiger partial charge in [-0.15, -0.1) is 0 Å². The first kappa shape index (κ1) is 15.4. The molecule has 0 fully saturated rings. The van der Waals surface area contributed by atoms with Crippen LogP contribution < -0.4 is 4.74 Å². The topological polar surface area (TPSA) is 61.0 Å². The molecule has 0 saturated heterocycles. The summed E-state index contributed by atoms with van der Waals surface area (Å²) in [7, 11) is 1.54. The maximum absolute atomic E-state index is 11.9. The number of aliphatic imine (C=N–C) groups is 1. The molecule has 2 aromatic rings. The van der Waals surface area contributed by atoms with Gasteiger partial charge in [-0.05, 0) is 35.9 Å². The molecule has 1 aliphatic heterocycles. The SMILES string of the molecule is COc1ccc(/C=C2/N=C(CCc3ccco3)OC2=O)cc1Cl. The van der Waals surface area contributed by atoms with Gasteiger partial charge in [0.1, 0.15) is 11.5 Å². The molecule has 118 valence electrons. The molecule has 1 aromatic carbocycles. The Balaban J connectivity index is 1.73. The van der Waals surface area contributed by atoms with Crippen molar-refractivity contribution in [2.75, 3.05) is 7.11 Å². The van der Waals surface area contributed by atoms with Crippen LogP contribution in [0.3, 0.4) is 0 Å². The molecule has 0 amide bonds. The zero-order valence-electron chi connectivity index (χ0n) is 12.4. The number of hydrogen-bond acceptors (Lipinski definition) is 5. The van der Waals surface area contributed by atoms with Crippen molar-refractivity contribution >= 4 is 29.5 Å². The molecule has 23 heavy (non-hydrogen) atoms. The fourth-order valence-electron chi connectivity index (χ4n) is 2.18. The Morgan fingerprint density at radius 1 is 1.30 bits per heavy atom. The molecule has 1 aliphatic rings. The lowest BCUT2D eigenvalue weighted by Gasteiger charge is -2.03. The smallest absolute Gasteiger partial charge is 0.363 e. The Morgan fingerprint density at radius 2 is 2.17 bits per heavy atom. The maximum Gasteiger partial charge on any atom is 0.363 e. The molecule has 0 aliphatic carbocycles. The molecular formula is C17H14ClNO4. The lowest BCUT2D eigenvalue weighted by molar-refractivity contribution is -0.130. The predicted octanol–water partition coefficient (Wildman–Crippen LogP) is 3.87. The van der Waals surface area contributed by atoms with Crippen LogP contribution in [0.15, 0.2) is 51.7 Å². The number of hydrogen-bond donors (Lipinski definition) is 0. The Morgan fingerprint density at radius 3 is 2.87 bits per heavy atom. The van der Waals surface area contributed by atoms with Crippen LogP contribution in [-0.2, 0) is 16.0 Å². The van der Waals surface area contributed by atoms with Gasteiger partial charge in [0.25, 0.3) is 0 Å². The number of carbonyl (C=O) groups is 1. The minimum Gasteiger partial charge on any atom is -0.495 e. The number of furan rings is 1. The van der Waals surface area contributed by atoms with Crippen LogP contribution in [-0.4, -0.2) is 19.0 Å². The zero-order valence-corrected chi connectivity index (χ0v) is 13.2. The number of aryl methyl sites for hydroxylation is 1. The number of ether oxygens (including phenoxy) is 2. The third kappa shape index (κ3) is 3.63.